The zero-order chi connectivity index (χ0) is 21.3. The van der Waals surface area contributed by atoms with Crippen molar-refractivity contribution < 1.29 is 13.9 Å². The van der Waals surface area contributed by atoms with E-state index < -0.39 is 0 Å². The Balaban J connectivity index is 1.47. The summed E-state index contributed by atoms with van der Waals surface area (Å²) < 4.78 is 12.9. The third-order valence-corrected chi connectivity index (χ3v) is 5.03. The summed E-state index contributed by atoms with van der Waals surface area (Å²) in [5, 5.41) is 8.38. The lowest BCUT2D eigenvalue weighted by molar-refractivity contribution is -0.123. The van der Waals surface area contributed by atoms with E-state index in [1.165, 1.54) is 5.56 Å². The number of carbonyl (C=O) groups is 1. The van der Waals surface area contributed by atoms with Crippen molar-refractivity contribution in [2.24, 2.45) is 7.05 Å². The molecule has 0 radical (unpaired) electrons. The maximum absolute atomic E-state index is 12.3. The second kappa shape index (κ2) is 8.02. The van der Waals surface area contributed by atoms with Crippen molar-refractivity contribution in [2.45, 2.75) is 26.8 Å². The van der Waals surface area contributed by atoms with Crippen LogP contribution in [0.2, 0.25) is 0 Å². The summed E-state index contributed by atoms with van der Waals surface area (Å²) in [5.74, 6) is 0.861. The van der Waals surface area contributed by atoms with Crippen LogP contribution in [-0.4, -0.2) is 27.3 Å². The molecule has 1 unspecified atom stereocenters. The van der Waals surface area contributed by atoms with Crippen LogP contribution in [-0.2, 0) is 11.8 Å². The highest BCUT2D eigenvalue weighted by atomic mass is 16.5. The predicted octanol–water partition coefficient (Wildman–Crippen LogP) is 4.10. The first kappa shape index (κ1) is 19.7. The Labute approximate surface area is 174 Å². The highest BCUT2D eigenvalue weighted by Gasteiger charge is 2.18. The molecule has 0 spiro atoms. The number of amides is 1. The van der Waals surface area contributed by atoms with E-state index in [9.17, 15) is 4.79 Å². The Bertz CT molecular complexity index is 1180. The third-order valence-electron chi connectivity index (χ3n) is 5.03. The van der Waals surface area contributed by atoms with Crippen LogP contribution in [0.5, 0.6) is 5.88 Å². The zero-order valence-corrected chi connectivity index (χ0v) is 17.5. The van der Waals surface area contributed by atoms with E-state index in [-0.39, 0.29) is 18.6 Å². The van der Waals surface area contributed by atoms with Crippen LogP contribution in [0.25, 0.3) is 22.5 Å². The normalized spacial score (nSPS) is 12.1. The molecule has 0 bridgehead atoms. The number of pyridine rings is 1. The molecule has 0 fully saturated rings. The number of hydrogen-bond acceptors (Lipinski definition) is 5. The van der Waals surface area contributed by atoms with Gasteiger partial charge in [0.2, 0.25) is 5.88 Å². The zero-order valence-electron chi connectivity index (χ0n) is 17.5. The molecule has 3 heterocycles. The monoisotopic (exact) mass is 404 g/mol. The molecule has 1 aromatic carbocycles. The molecular weight excluding hydrogens is 380 g/mol. The molecule has 1 atom stereocenters. The summed E-state index contributed by atoms with van der Waals surface area (Å²) in [5.41, 5.74) is 4.58. The Morgan fingerprint density at radius 2 is 2.00 bits per heavy atom. The lowest BCUT2D eigenvalue weighted by Gasteiger charge is -2.15. The summed E-state index contributed by atoms with van der Waals surface area (Å²) in [7, 11) is 1.82. The first-order chi connectivity index (χ1) is 14.4. The fourth-order valence-electron chi connectivity index (χ4n) is 3.42. The van der Waals surface area contributed by atoms with Gasteiger partial charge in [0, 0.05) is 13.1 Å². The molecule has 4 aromatic rings. The molecule has 7 heteroatoms. The smallest absolute Gasteiger partial charge is 0.258 e. The molecule has 1 N–H and O–H groups in total. The first-order valence-corrected chi connectivity index (χ1v) is 9.79. The minimum Gasteiger partial charge on any atom is -0.468 e. The average molecular weight is 404 g/mol. The Kier molecular flexibility index (Phi) is 5.27. The van der Waals surface area contributed by atoms with Crippen molar-refractivity contribution >= 4 is 16.9 Å². The van der Waals surface area contributed by atoms with Gasteiger partial charge < -0.3 is 14.5 Å². The van der Waals surface area contributed by atoms with Crippen LogP contribution in [0.4, 0.5) is 0 Å². The Hall–Kier alpha value is -3.61. The van der Waals surface area contributed by atoms with Crippen molar-refractivity contribution in [3.63, 3.8) is 0 Å². The number of nitrogens with one attached hydrogen (secondary N) is 1. The van der Waals surface area contributed by atoms with Crippen molar-refractivity contribution in [3.8, 4) is 17.3 Å². The number of aromatic nitrogens is 3. The van der Waals surface area contributed by atoms with Gasteiger partial charge >= 0.3 is 0 Å². The summed E-state index contributed by atoms with van der Waals surface area (Å²) in [6.07, 6.45) is 1.62. The lowest BCUT2D eigenvalue weighted by atomic mass is 10.1. The van der Waals surface area contributed by atoms with Gasteiger partial charge in [0.15, 0.2) is 18.0 Å². The van der Waals surface area contributed by atoms with Gasteiger partial charge in [-0.05, 0) is 44.0 Å². The standard InChI is InChI=1S/C23H24N4O3/c1-14-7-9-17(10-8-14)16(3)24-19(28)13-30-20-12-15(2)21-22(18-6-5-11-29-18)26-27(4)23(21)25-20/h5-12,16H,13H2,1-4H3,(H,24,28). The molecule has 30 heavy (non-hydrogen) atoms. The number of furan rings is 1. The predicted molar refractivity (Wildman–Crippen MR) is 114 cm³/mol. The molecule has 154 valence electrons. The van der Waals surface area contributed by atoms with Crippen molar-refractivity contribution in [1.29, 1.82) is 0 Å². The third kappa shape index (κ3) is 3.91. The van der Waals surface area contributed by atoms with Crippen LogP contribution in [0, 0.1) is 13.8 Å². The van der Waals surface area contributed by atoms with E-state index in [0.717, 1.165) is 22.2 Å². The maximum atomic E-state index is 12.3. The maximum Gasteiger partial charge on any atom is 0.258 e. The van der Waals surface area contributed by atoms with Gasteiger partial charge in [-0.15, -0.1) is 0 Å². The van der Waals surface area contributed by atoms with Crippen LogP contribution < -0.4 is 10.1 Å². The number of fused-ring (bicyclic) bond motifs is 1. The van der Waals surface area contributed by atoms with E-state index >= 15 is 0 Å². The number of aryl methyl sites for hydroxylation is 3. The van der Waals surface area contributed by atoms with Gasteiger partial charge in [-0.25, -0.2) is 4.68 Å². The van der Waals surface area contributed by atoms with E-state index in [2.05, 4.69) is 15.4 Å². The van der Waals surface area contributed by atoms with Crippen LogP contribution in [0.3, 0.4) is 0 Å². The fraction of sp³-hybridized carbons (Fsp3) is 0.261. The summed E-state index contributed by atoms with van der Waals surface area (Å²) in [4.78, 5) is 16.9. The second-order valence-electron chi connectivity index (χ2n) is 7.41. The van der Waals surface area contributed by atoms with Crippen molar-refractivity contribution in [1.82, 2.24) is 20.1 Å². The van der Waals surface area contributed by atoms with E-state index in [1.54, 1.807) is 10.9 Å². The van der Waals surface area contributed by atoms with Crippen LogP contribution in [0.15, 0.2) is 53.1 Å². The van der Waals surface area contributed by atoms with Gasteiger partial charge in [-0.3, -0.25) is 4.79 Å². The number of hydrogen-bond donors (Lipinski definition) is 1. The number of carbonyl (C=O) groups excluding carboxylic acids is 1. The molecule has 0 aliphatic rings. The van der Waals surface area contributed by atoms with Gasteiger partial charge in [-0.2, -0.15) is 10.1 Å². The first-order valence-electron chi connectivity index (χ1n) is 9.79. The van der Waals surface area contributed by atoms with E-state index in [0.29, 0.717) is 17.3 Å². The quantitative estimate of drug-likeness (QED) is 0.523. The van der Waals surface area contributed by atoms with E-state index in [4.69, 9.17) is 9.15 Å². The topological polar surface area (TPSA) is 82.2 Å². The van der Waals surface area contributed by atoms with Gasteiger partial charge in [0.05, 0.1) is 17.7 Å². The fourth-order valence-corrected chi connectivity index (χ4v) is 3.42. The van der Waals surface area contributed by atoms with Crippen molar-refractivity contribution in [3.05, 3.63) is 65.4 Å². The lowest BCUT2D eigenvalue weighted by Crippen LogP contribution is -2.31. The summed E-state index contributed by atoms with van der Waals surface area (Å²) in [6.45, 7) is 5.83. The molecule has 7 nitrogen and oxygen atoms in total. The van der Waals surface area contributed by atoms with Gasteiger partial charge in [0.25, 0.3) is 5.91 Å². The number of ether oxygens (including phenoxy) is 1. The second-order valence-corrected chi connectivity index (χ2v) is 7.41. The summed E-state index contributed by atoms with van der Waals surface area (Å²) in [6, 6.07) is 13.5. The SMILES string of the molecule is Cc1ccc(C(C)NC(=O)COc2cc(C)c3c(-c4ccco4)nn(C)c3n2)cc1. The number of benzene rings is 1. The minimum absolute atomic E-state index is 0.105. The summed E-state index contributed by atoms with van der Waals surface area (Å²) >= 11 is 0. The number of rotatable bonds is 6. The number of nitrogens with zero attached hydrogens (tertiary/aromatic N) is 3. The molecule has 3 aromatic heterocycles. The average Bonchev–Trinajstić information content (AvgIpc) is 3.35. The molecule has 0 aliphatic heterocycles. The van der Waals surface area contributed by atoms with Crippen LogP contribution >= 0.6 is 0 Å². The minimum atomic E-state index is -0.205. The molecular formula is C23H24N4O3. The van der Waals surface area contributed by atoms with Gasteiger partial charge in [-0.1, -0.05) is 29.8 Å². The molecule has 0 saturated heterocycles. The van der Waals surface area contributed by atoms with E-state index in [1.807, 2.05) is 70.3 Å². The van der Waals surface area contributed by atoms with Crippen LogP contribution in [0.1, 0.15) is 29.7 Å². The Morgan fingerprint density at radius 3 is 2.70 bits per heavy atom. The Morgan fingerprint density at radius 1 is 1.23 bits per heavy atom. The van der Waals surface area contributed by atoms with Gasteiger partial charge in [0.1, 0.15) is 5.69 Å². The molecule has 4 rings (SSSR count). The largest absolute Gasteiger partial charge is 0.468 e. The molecule has 0 aliphatic carbocycles. The highest BCUT2D eigenvalue weighted by Crippen LogP contribution is 2.31. The molecule has 1 amide bonds. The highest BCUT2D eigenvalue weighted by molar-refractivity contribution is 5.92. The van der Waals surface area contributed by atoms with Crippen molar-refractivity contribution in [2.75, 3.05) is 6.61 Å². The molecule has 0 saturated carbocycles.